The molecule has 0 radical (unpaired) electrons. The minimum atomic E-state index is -1.06. The van der Waals surface area contributed by atoms with Gasteiger partial charge in [0.25, 0.3) is 5.91 Å². The highest BCUT2D eigenvalue weighted by Crippen LogP contribution is 2.36. The van der Waals surface area contributed by atoms with E-state index in [1.807, 2.05) is 109 Å². The highest BCUT2D eigenvalue weighted by Gasteiger charge is 2.39. The maximum Gasteiger partial charge on any atom is 0.407 e. The molecule has 3 aliphatic heterocycles. The van der Waals surface area contributed by atoms with Crippen molar-refractivity contribution in [1.29, 1.82) is 0 Å². The van der Waals surface area contributed by atoms with E-state index in [4.69, 9.17) is 9.72 Å². The van der Waals surface area contributed by atoms with E-state index in [1.54, 1.807) is 22.2 Å². The molecule has 14 nitrogen and oxygen atoms in total. The lowest BCUT2D eigenvalue weighted by Crippen LogP contribution is -2.47. The van der Waals surface area contributed by atoms with E-state index in [0.717, 1.165) is 59.3 Å². The summed E-state index contributed by atoms with van der Waals surface area (Å²) in [5.74, 6) is 7.41. The Morgan fingerprint density at radius 1 is 0.652 bits per heavy atom. The first-order valence-corrected chi connectivity index (χ1v) is 22.3. The Morgan fingerprint density at radius 2 is 1.12 bits per heavy atom. The van der Waals surface area contributed by atoms with E-state index < -0.39 is 30.4 Å². The summed E-state index contributed by atoms with van der Waals surface area (Å²) in [5, 5.41) is 5.60. The van der Waals surface area contributed by atoms with Gasteiger partial charge < -0.3 is 40.0 Å². The van der Waals surface area contributed by atoms with Crippen molar-refractivity contribution < 1.29 is 28.3 Å². The van der Waals surface area contributed by atoms with Crippen LogP contribution < -0.4 is 10.6 Å². The number of carbonyl (C=O) groups excluding carboxylic acids is 4. The fourth-order valence-electron chi connectivity index (χ4n) is 9.04. The molecule has 9 rings (SSSR count). The van der Waals surface area contributed by atoms with Gasteiger partial charge in [0.05, 0.1) is 49.5 Å². The summed E-state index contributed by atoms with van der Waals surface area (Å²) in [5.41, 5.74) is 6.48. The van der Waals surface area contributed by atoms with Crippen molar-refractivity contribution >= 4 is 23.9 Å². The van der Waals surface area contributed by atoms with Crippen molar-refractivity contribution in [2.75, 3.05) is 33.3 Å². The van der Waals surface area contributed by atoms with Gasteiger partial charge in [-0.15, -0.1) is 0 Å². The van der Waals surface area contributed by atoms with Gasteiger partial charge in [0, 0.05) is 30.8 Å². The van der Waals surface area contributed by atoms with Crippen LogP contribution in [-0.2, 0) is 14.3 Å². The van der Waals surface area contributed by atoms with Crippen LogP contribution in [0.1, 0.15) is 90.2 Å². The number of urea groups is 1. The summed E-state index contributed by atoms with van der Waals surface area (Å²) in [4.78, 5) is 74.7. The van der Waals surface area contributed by atoms with Crippen LogP contribution in [0.2, 0.25) is 0 Å². The highest BCUT2D eigenvalue weighted by molar-refractivity contribution is 5.89. The Hall–Kier alpha value is -7.73. The molecule has 3 aliphatic rings. The van der Waals surface area contributed by atoms with Crippen LogP contribution in [0.15, 0.2) is 122 Å². The number of likely N-dealkylation sites (tertiary alicyclic amines) is 3. The number of halogens is 1. The average Bonchev–Trinajstić information content (AvgIpc) is 4.23. The van der Waals surface area contributed by atoms with Crippen molar-refractivity contribution in [1.82, 2.24) is 45.3 Å². The monoisotopic (exact) mass is 887 g/mol. The molecule has 5 unspecified atom stereocenters. The molecular formula is C51H50FN9O5. The molecule has 4 N–H and O–H groups in total. The summed E-state index contributed by atoms with van der Waals surface area (Å²) < 4.78 is 18.8. The largest absolute Gasteiger partial charge is 0.453 e. The minimum Gasteiger partial charge on any atom is -0.453 e. The van der Waals surface area contributed by atoms with Crippen LogP contribution >= 0.6 is 0 Å². The summed E-state index contributed by atoms with van der Waals surface area (Å²) in [7, 11) is 1.27. The Morgan fingerprint density at radius 3 is 1.56 bits per heavy atom. The molecule has 3 fully saturated rings. The summed E-state index contributed by atoms with van der Waals surface area (Å²) in [6, 6.07) is 31.2. The summed E-state index contributed by atoms with van der Waals surface area (Å²) >= 11 is 0. The number of carbonyl (C=O) groups is 4. The number of aromatic amines is 2. The molecule has 6 aromatic rings. The van der Waals surface area contributed by atoms with E-state index in [9.17, 15) is 23.6 Å². The van der Waals surface area contributed by atoms with E-state index >= 15 is 0 Å². The molecule has 3 saturated heterocycles. The average molecular weight is 888 g/mol. The number of imidazole rings is 2. The molecule has 5 amide bonds. The number of nitrogens with one attached hydrogen (secondary N) is 4. The highest BCUT2D eigenvalue weighted by atomic mass is 19.1. The molecule has 4 aromatic carbocycles. The second-order valence-electron chi connectivity index (χ2n) is 16.8. The number of aromatic nitrogens is 4. The Labute approximate surface area is 382 Å². The Kier molecular flexibility index (Phi) is 12.9. The van der Waals surface area contributed by atoms with E-state index in [2.05, 4.69) is 37.4 Å². The molecule has 0 aliphatic carbocycles. The van der Waals surface area contributed by atoms with Gasteiger partial charge in [-0.2, -0.15) is 0 Å². The van der Waals surface area contributed by atoms with Gasteiger partial charge in [-0.3, -0.25) is 9.59 Å². The second-order valence-corrected chi connectivity index (χ2v) is 16.8. The first kappa shape index (κ1) is 43.5. The van der Waals surface area contributed by atoms with Gasteiger partial charge in [0.2, 0.25) is 5.91 Å². The number of nitrogens with zero attached hydrogens (tertiary/aromatic N) is 5. The van der Waals surface area contributed by atoms with E-state index in [0.29, 0.717) is 48.8 Å². The number of ether oxygens (including phenoxy) is 1. The maximum atomic E-state index is 14.2. The van der Waals surface area contributed by atoms with Gasteiger partial charge in [-0.1, -0.05) is 96.8 Å². The molecule has 2 aromatic heterocycles. The number of benzene rings is 4. The zero-order valence-electron chi connectivity index (χ0n) is 36.5. The normalized spacial score (nSPS) is 18.9. The van der Waals surface area contributed by atoms with Crippen LogP contribution in [0.3, 0.4) is 0 Å². The Balaban J connectivity index is 0.829. The number of methoxy groups -OCH3 is 1. The van der Waals surface area contributed by atoms with E-state index in [-0.39, 0.29) is 30.4 Å². The third kappa shape index (κ3) is 9.53. The lowest BCUT2D eigenvalue weighted by atomic mass is 10.0. The van der Waals surface area contributed by atoms with Crippen LogP contribution in [0.4, 0.5) is 14.0 Å². The predicted octanol–water partition coefficient (Wildman–Crippen LogP) is 7.79. The molecule has 5 atom stereocenters. The first-order chi connectivity index (χ1) is 32.2. The Bertz CT molecular complexity index is 2730. The molecule has 66 heavy (non-hydrogen) atoms. The second kappa shape index (κ2) is 19.6. The number of alkyl carbamates (subject to hydrolysis) is 1. The third-order valence-electron chi connectivity index (χ3n) is 12.5. The first-order valence-electron chi connectivity index (χ1n) is 22.3. The smallest absolute Gasteiger partial charge is 0.407 e. The van der Waals surface area contributed by atoms with Crippen LogP contribution in [-0.4, -0.2) is 98.0 Å². The summed E-state index contributed by atoms with van der Waals surface area (Å²) in [6.45, 7) is 1.40. The SMILES string of the molecule is COC(=O)NC(C(=O)N1CCCC1c1ncc(-c2ccc(C#Cc3ccc(-c4cnc(C5CCCN5C(=O)C(NC(=O)N5CCC(F)C5)c5ccccc5)[nH]4)cc3)cc2)[nH]1)c1ccccc1. The minimum absolute atomic E-state index is 0.0199. The maximum absolute atomic E-state index is 14.2. The molecule has 0 spiro atoms. The summed E-state index contributed by atoms with van der Waals surface area (Å²) in [6.07, 6.45) is 5.15. The third-order valence-corrected chi connectivity index (χ3v) is 12.5. The lowest BCUT2D eigenvalue weighted by molar-refractivity contribution is -0.135. The lowest BCUT2D eigenvalue weighted by Gasteiger charge is -2.30. The number of hydrogen-bond acceptors (Lipinski definition) is 7. The van der Waals surface area contributed by atoms with Crippen LogP contribution in [0.25, 0.3) is 22.5 Å². The van der Waals surface area contributed by atoms with Gasteiger partial charge in [-0.05, 0) is 78.6 Å². The molecule has 0 bridgehead atoms. The standard InChI is InChI=1S/C51H50FN9O5/c1-66-51(65)58-45(38-12-6-3-7-13-38)49(63)61-28-9-15-43(61)47-54-31-41(56-47)36-24-20-34(21-25-36)17-16-33-18-22-35(23-19-33)40-30-53-46(55-40)42-14-8-27-60(42)48(62)44(37-10-4-2-5-11-37)57-50(64)59-29-26-39(52)32-59/h2-7,10-13,18-25,30-31,39,42-45H,8-9,14-15,26-29,32H2,1H3,(H,53,55)(H,54,56)(H,57,64)(H,58,65). The van der Waals surface area contributed by atoms with Gasteiger partial charge in [0.1, 0.15) is 29.9 Å². The van der Waals surface area contributed by atoms with Crippen molar-refractivity contribution in [3.63, 3.8) is 0 Å². The van der Waals surface area contributed by atoms with Gasteiger partial charge in [0.15, 0.2) is 0 Å². The van der Waals surface area contributed by atoms with Gasteiger partial charge >= 0.3 is 12.1 Å². The van der Waals surface area contributed by atoms with Crippen molar-refractivity contribution in [2.45, 2.75) is 62.4 Å². The zero-order valence-corrected chi connectivity index (χ0v) is 36.5. The number of rotatable bonds is 10. The van der Waals surface area contributed by atoms with Crippen LogP contribution in [0.5, 0.6) is 0 Å². The van der Waals surface area contributed by atoms with Gasteiger partial charge in [-0.25, -0.2) is 23.9 Å². The van der Waals surface area contributed by atoms with Crippen molar-refractivity contribution in [3.05, 3.63) is 155 Å². The fourth-order valence-corrected chi connectivity index (χ4v) is 9.04. The van der Waals surface area contributed by atoms with Crippen molar-refractivity contribution in [2.24, 2.45) is 0 Å². The molecule has 0 saturated carbocycles. The quantitative estimate of drug-likeness (QED) is 0.102. The van der Waals surface area contributed by atoms with Crippen LogP contribution in [0, 0.1) is 11.8 Å². The number of amides is 5. The zero-order chi connectivity index (χ0) is 45.6. The molecule has 336 valence electrons. The number of hydrogen-bond donors (Lipinski definition) is 4. The molecule has 5 heterocycles. The molecular weight excluding hydrogens is 838 g/mol. The van der Waals surface area contributed by atoms with Crippen molar-refractivity contribution in [3.8, 4) is 34.4 Å². The molecule has 15 heteroatoms. The topological polar surface area (TPSA) is 169 Å². The number of H-pyrrole nitrogens is 2. The number of alkyl halides is 1. The fraction of sp³-hybridized carbons (Fsp3) is 0.294. The predicted molar refractivity (Wildman–Crippen MR) is 245 cm³/mol. The van der Waals surface area contributed by atoms with E-state index in [1.165, 1.54) is 12.0 Å².